The summed E-state index contributed by atoms with van der Waals surface area (Å²) in [6.07, 6.45) is 1.63. The van der Waals surface area contributed by atoms with Gasteiger partial charge in [-0.25, -0.2) is 0 Å². The number of rotatable bonds is 8. The van der Waals surface area contributed by atoms with E-state index < -0.39 is 12.0 Å². The molecule has 1 heterocycles. The maximum absolute atomic E-state index is 13.1. The summed E-state index contributed by atoms with van der Waals surface area (Å²) in [5.74, 6) is -0.00547. The molecule has 2 aromatic rings. The van der Waals surface area contributed by atoms with Crippen LogP contribution < -0.4 is 15.2 Å². The van der Waals surface area contributed by atoms with E-state index in [4.69, 9.17) is 15.2 Å². The molecule has 2 amide bonds. The van der Waals surface area contributed by atoms with Crippen molar-refractivity contribution in [3.8, 4) is 11.5 Å². The molecule has 0 spiro atoms. The number of aliphatic hydroxyl groups is 1. The number of carbonyl (C=O) groups excluding carboxylic acids is 2. The quantitative estimate of drug-likeness (QED) is 0.710. The van der Waals surface area contributed by atoms with Gasteiger partial charge in [0.25, 0.3) is 11.8 Å². The molecule has 3 N–H and O–H groups in total. The van der Waals surface area contributed by atoms with Crippen LogP contribution in [0.2, 0.25) is 0 Å². The summed E-state index contributed by atoms with van der Waals surface area (Å²) < 4.78 is 10.6. The van der Waals surface area contributed by atoms with E-state index in [2.05, 4.69) is 0 Å². The third kappa shape index (κ3) is 5.06. The van der Waals surface area contributed by atoms with Crippen molar-refractivity contribution >= 4 is 11.8 Å². The van der Waals surface area contributed by atoms with E-state index >= 15 is 0 Å². The Morgan fingerprint density at radius 3 is 2.66 bits per heavy atom. The van der Waals surface area contributed by atoms with Gasteiger partial charge in [0.2, 0.25) is 0 Å². The van der Waals surface area contributed by atoms with Gasteiger partial charge in [0.05, 0.1) is 13.2 Å². The minimum atomic E-state index is -0.617. The van der Waals surface area contributed by atoms with Gasteiger partial charge in [-0.05, 0) is 43.0 Å². The van der Waals surface area contributed by atoms with Crippen molar-refractivity contribution in [3.05, 3.63) is 59.7 Å². The zero-order chi connectivity index (χ0) is 20.8. The van der Waals surface area contributed by atoms with Crippen LogP contribution in [0, 0.1) is 0 Å². The van der Waals surface area contributed by atoms with Crippen molar-refractivity contribution in [1.82, 2.24) is 4.90 Å². The Morgan fingerprint density at radius 2 is 1.97 bits per heavy atom. The number of ether oxygens (including phenoxy) is 2. The summed E-state index contributed by atoms with van der Waals surface area (Å²) in [7, 11) is 1.47. The summed E-state index contributed by atoms with van der Waals surface area (Å²) in [6, 6.07) is 14.3. The van der Waals surface area contributed by atoms with E-state index in [1.54, 1.807) is 18.2 Å². The molecule has 29 heavy (non-hydrogen) atoms. The highest BCUT2D eigenvalue weighted by atomic mass is 16.5. The summed E-state index contributed by atoms with van der Waals surface area (Å²) in [5.41, 5.74) is 6.42. The van der Waals surface area contributed by atoms with Gasteiger partial charge in [0.1, 0.15) is 0 Å². The number of methoxy groups -OCH3 is 1. The van der Waals surface area contributed by atoms with Crippen molar-refractivity contribution in [3.63, 3.8) is 0 Å². The third-order valence-corrected chi connectivity index (χ3v) is 5.10. The molecule has 1 aliphatic rings. The summed E-state index contributed by atoms with van der Waals surface area (Å²) in [4.78, 5) is 25.8. The Labute approximate surface area is 170 Å². The van der Waals surface area contributed by atoms with Crippen LogP contribution in [0.5, 0.6) is 11.5 Å². The lowest BCUT2D eigenvalue weighted by Gasteiger charge is -2.27. The average molecular weight is 398 g/mol. The lowest BCUT2D eigenvalue weighted by atomic mass is 10.00. The number of primary amides is 1. The number of likely N-dealkylation sites (tertiary alicyclic amines) is 1. The molecule has 2 atom stereocenters. The first-order chi connectivity index (χ1) is 14.0. The largest absolute Gasteiger partial charge is 0.493 e. The first-order valence-electron chi connectivity index (χ1n) is 9.62. The molecule has 7 nitrogen and oxygen atoms in total. The molecule has 0 aliphatic carbocycles. The van der Waals surface area contributed by atoms with Crippen molar-refractivity contribution in [2.75, 3.05) is 20.3 Å². The number of amides is 2. The normalized spacial score (nSPS) is 17.0. The molecule has 2 unspecified atom stereocenters. The van der Waals surface area contributed by atoms with E-state index in [-0.39, 0.29) is 18.6 Å². The monoisotopic (exact) mass is 398 g/mol. The minimum Gasteiger partial charge on any atom is -0.493 e. The highest BCUT2D eigenvalue weighted by Crippen LogP contribution is 2.32. The molecule has 1 aliphatic heterocycles. The number of benzene rings is 2. The minimum absolute atomic E-state index is 0.0329. The third-order valence-electron chi connectivity index (χ3n) is 5.10. The smallest absolute Gasteiger partial charge is 0.255 e. The van der Waals surface area contributed by atoms with Crippen LogP contribution in [0.15, 0.2) is 48.5 Å². The van der Waals surface area contributed by atoms with E-state index in [1.807, 2.05) is 35.2 Å². The Morgan fingerprint density at radius 1 is 1.21 bits per heavy atom. The first kappa shape index (κ1) is 20.7. The lowest BCUT2D eigenvalue weighted by Crippen LogP contribution is -2.36. The van der Waals surface area contributed by atoms with E-state index in [0.717, 1.165) is 18.4 Å². The lowest BCUT2D eigenvalue weighted by molar-refractivity contribution is -0.119. The number of carbonyl (C=O) groups is 2. The fourth-order valence-electron chi connectivity index (χ4n) is 3.65. The zero-order valence-electron chi connectivity index (χ0n) is 16.4. The molecule has 154 valence electrons. The fourth-order valence-corrected chi connectivity index (χ4v) is 3.65. The summed E-state index contributed by atoms with van der Waals surface area (Å²) in [6.45, 7) is 0.377. The zero-order valence-corrected chi connectivity index (χ0v) is 16.4. The molecule has 0 radical (unpaired) electrons. The molecule has 0 bridgehead atoms. The van der Waals surface area contributed by atoms with Crippen molar-refractivity contribution < 1.29 is 24.2 Å². The highest BCUT2D eigenvalue weighted by molar-refractivity contribution is 5.95. The number of aliphatic hydroxyl groups excluding tert-OH is 1. The predicted octanol–water partition coefficient (Wildman–Crippen LogP) is 2.29. The topological polar surface area (TPSA) is 102 Å². The van der Waals surface area contributed by atoms with Crippen LogP contribution >= 0.6 is 0 Å². The van der Waals surface area contributed by atoms with Crippen molar-refractivity contribution in [1.29, 1.82) is 0 Å². The highest BCUT2D eigenvalue weighted by Gasteiger charge is 2.31. The Hall–Kier alpha value is -3.06. The van der Waals surface area contributed by atoms with Gasteiger partial charge in [-0.3, -0.25) is 9.59 Å². The Bertz CT molecular complexity index is 856. The van der Waals surface area contributed by atoms with Gasteiger partial charge in [-0.15, -0.1) is 0 Å². The molecule has 1 saturated heterocycles. The summed E-state index contributed by atoms with van der Waals surface area (Å²) in [5, 5.41) is 10.6. The van der Waals surface area contributed by atoms with Crippen LogP contribution in [0.1, 0.15) is 41.3 Å². The van der Waals surface area contributed by atoms with Crippen LogP contribution in [-0.2, 0) is 4.79 Å². The van der Waals surface area contributed by atoms with Gasteiger partial charge in [-0.1, -0.05) is 30.3 Å². The standard InChI is InChI=1S/C22H26N2O5/c1-28-20-12-16(9-10-19(20)29-14-21(23)26)22(27)24-11-5-8-17(24)13-18(25)15-6-3-2-4-7-15/h2-4,6-7,9-10,12,17-18,25H,5,8,11,13-14H2,1H3,(H2,23,26). The second-order valence-corrected chi connectivity index (χ2v) is 7.08. The van der Waals surface area contributed by atoms with Crippen LogP contribution in [0.25, 0.3) is 0 Å². The Kier molecular flexibility index (Phi) is 6.72. The Balaban J connectivity index is 1.72. The second-order valence-electron chi connectivity index (χ2n) is 7.08. The average Bonchev–Trinajstić information content (AvgIpc) is 3.20. The molecular formula is C22H26N2O5. The SMILES string of the molecule is COc1cc(C(=O)N2CCCC2CC(O)c2ccccc2)ccc1OCC(N)=O. The van der Waals surface area contributed by atoms with Crippen LogP contribution in [-0.4, -0.2) is 48.1 Å². The van der Waals surface area contributed by atoms with Gasteiger partial charge in [-0.2, -0.15) is 0 Å². The van der Waals surface area contributed by atoms with Gasteiger partial charge >= 0.3 is 0 Å². The van der Waals surface area contributed by atoms with E-state index in [1.165, 1.54) is 7.11 Å². The number of hydrogen-bond acceptors (Lipinski definition) is 5. The van der Waals surface area contributed by atoms with Gasteiger partial charge < -0.3 is 25.2 Å². The van der Waals surface area contributed by atoms with Crippen molar-refractivity contribution in [2.24, 2.45) is 5.73 Å². The molecular weight excluding hydrogens is 372 g/mol. The molecule has 1 fully saturated rings. The first-order valence-corrected chi connectivity index (χ1v) is 9.62. The van der Waals surface area contributed by atoms with Gasteiger partial charge in [0, 0.05) is 18.2 Å². The van der Waals surface area contributed by atoms with Crippen LogP contribution in [0.3, 0.4) is 0 Å². The number of nitrogens with two attached hydrogens (primary N) is 1. The maximum atomic E-state index is 13.1. The molecule has 7 heteroatoms. The maximum Gasteiger partial charge on any atom is 0.255 e. The molecule has 3 rings (SSSR count). The number of hydrogen-bond donors (Lipinski definition) is 2. The van der Waals surface area contributed by atoms with Crippen molar-refractivity contribution in [2.45, 2.75) is 31.4 Å². The summed E-state index contributed by atoms with van der Waals surface area (Å²) >= 11 is 0. The van der Waals surface area contributed by atoms with E-state index in [9.17, 15) is 14.7 Å². The fraction of sp³-hybridized carbons (Fsp3) is 0.364. The number of nitrogens with zero attached hydrogens (tertiary/aromatic N) is 1. The van der Waals surface area contributed by atoms with Gasteiger partial charge in [0.15, 0.2) is 18.1 Å². The molecule has 2 aromatic carbocycles. The van der Waals surface area contributed by atoms with Crippen LogP contribution in [0.4, 0.5) is 0 Å². The predicted molar refractivity (Wildman–Crippen MR) is 108 cm³/mol. The second kappa shape index (κ2) is 9.43. The molecule has 0 aromatic heterocycles. The van der Waals surface area contributed by atoms with E-state index in [0.29, 0.717) is 30.0 Å². The molecule has 0 saturated carbocycles.